The molecule has 2 heterocycles. The second kappa shape index (κ2) is 5.35. The summed E-state index contributed by atoms with van der Waals surface area (Å²) in [6.45, 7) is 7.23. The maximum Gasteiger partial charge on any atom is 0.125 e. The fourth-order valence-electron chi connectivity index (χ4n) is 5.11. The number of halogens is 1. The van der Waals surface area contributed by atoms with Gasteiger partial charge in [0.25, 0.3) is 0 Å². The lowest BCUT2D eigenvalue weighted by Crippen LogP contribution is -2.50. The Labute approximate surface area is 158 Å². The Balaban J connectivity index is 1.92. The number of aromatic hydroxyl groups is 1. The largest absolute Gasteiger partial charge is 0.507 e. The van der Waals surface area contributed by atoms with E-state index in [1.165, 1.54) is 17.8 Å². The van der Waals surface area contributed by atoms with Gasteiger partial charge >= 0.3 is 0 Å². The number of benzene rings is 2. The van der Waals surface area contributed by atoms with Gasteiger partial charge in [-0.3, -0.25) is 0 Å². The van der Waals surface area contributed by atoms with Crippen LogP contribution in [-0.2, 0) is 15.8 Å². The molecule has 1 aromatic heterocycles. The molecule has 0 unspecified atom stereocenters. The Morgan fingerprint density at radius 2 is 1.81 bits per heavy atom. The number of hydrogen-bond donors (Lipinski definition) is 1. The van der Waals surface area contributed by atoms with Crippen LogP contribution in [0.5, 0.6) is 5.75 Å². The normalized spacial score (nSPS) is 26.1. The van der Waals surface area contributed by atoms with Crippen LogP contribution in [0.3, 0.4) is 0 Å². The van der Waals surface area contributed by atoms with Gasteiger partial charge in [0.05, 0.1) is 17.7 Å². The topological polar surface area (TPSA) is 34.4 Å². The number of ether oxygens (including phenoxy) is 1. The standard InChI is InChI=1S/C23H24FNO2/c1-14-11-23(12-14)20-19-17(5-4-6-18(19)26)25(16-9-7-15(24)8-10-16)21(20)22(2,3)13-27-23/h4-10,14,26H,11-13H2,1-3H3/t14-,23-. The van der Waals surface area contributed by atoms with Crippen molar-refractivity contribution in [2.75, 3.05) is 6.61 Å². The van der Waals surface area contributed by atoms with Crippen LogP contribution in [0.1, 0.15) is 44.9 Å². The Morgan fingerprint density at radius 1 is 1.11 bits per heavy atom. The lowest BCUT2D eigenvalue weighted by Gasteiger charge is -2.52. The molecule has 0 bridgehead atoms. The summed E-state index contributed by atoms with van der Waals surface area (Å²) >= 11 is 0. The number of aromatic nitrogens is 1. The number of nitrogens with zero attached hydrogens (tertiary/aromatic N) is 1. The van der Waals surface area contributed by atoms with Crippen molar-refractivity contribution in [1.82, 2.24) is 4.57 Å². The number of hydrogen-bond acceptors (Lipinski definition) is 2. The Kier molecular flexibility index (Phi) is 3.33. The number of phenols is 1. The molecule has 27 heavy (non-hydrogen) atoms. The fraction of sp³-hybridized carbons (Fsp3) is 0.391. The van der Waals surface area contributed by atoms with E-state index in [9.17, 15) is 9.50 Å². The predicted molar refractivity (Wildman–Crippen MR) is 104 cm³/mol. The molecule has 2 aromatic carbocycles. The zero-order valence-corrected chi connectivity index (χ0v) is 15.9. The quantitative estimate of drug-likeness (QED) is 0.626. The molecular weight excluding hydrogens is 341 g/mol. The maximum absolute atomic E-state index is 13.6. The van der Waals surface area contributed by atoms with Gasteiger partial charge in [0, 0.05) is 27.7 Å². The van der Waals surface area contributed by atoms with E-state index in [1.807, 2.05) is 12.1 Å². The first-order chi connectivity index (χ1) is 12.8. The highest BCUT2D eigenvalue weighted by atomic mass is 19.1. The molecular formula is C23H24FNO2. The second-order valence-corrected chi connectivity index (χ2v) is 8.89. The third-order valence-electron chi connectivity index (χ3n) is 6.22. The third-order valence-corrected chi connectivity index (χ3v) is 6.22. The number of phenolic OH excluding ortho intramolecular Hbond substituents is 1. The van der Waals surface area contributed by atoms with E-state index in [0.29, 0.717) is 12.5 Å². The van der Waals surface area contributed by atoms with E-state index in [4.69, 9.17) is 4.74 Å². The summed E-state index contributed by atoms with van der Waals surface area (Å²) in [5, 5.41) is 11.7. The summed E-state index contributed by atoms with van der Waals surface area (Å²) in [6, 6.07) is 12.2. The minimum Gasteiger partial charge on any atom is -0.507 e. The molecule has 1 aliphatic heterocycles. The zero-order chi connectivity index (χ0) is 19.0. The molecule has 1 fully saturated rings. The van der Waals surface area contributed by atoms with Crippen molar-refractivity contribution in [2.45, 2.75) is 44.6 Å². The number of rotatable bonds is 1. The first kappa shape index (κ1) is 16.8. The molecule has 3 aromatic rings. The number of fused-ring (bicyclic) bond motifs is 4. The smallest absolute Gasteiger partial charge is 0.125 e. The van der Waals surface area contributed by atoms with Crippen LogP contribution < -0.4 is 0 Å². The first-order valence-corrected chi connectivity index (χ1v) is 9.60. The van der Waals surface area contributed by atoms with Crippen LogP contribution in [0, 0.1) is 11.7 Å². The van der Waals surface area contributed by atoms with E-state index in [2.05, 4.69) is 25.3 Å². The second-order valence-electron chi connectivity index (χ2n) is 8.89. The van der Waals surface area contributed by atoms with Gasteiger partial charge in [-0.25, -0.2) is 4.39 Å². The van der Waals surface area contributed by atoms with Crippen LogP contribution in [0.25, 0.3) is 16.6 Å². The Morgan fingerprint density at radius 3 is 2.48 bits per heavy atom. The molecule has 5 rings (SSSR count). The minimum absolute atomic E-state index is 0.223. The highest BCUT2D eigenvalue weighted by Crippen LogP contribution is 2.58. The van der Waals surface area contributed by atoms with Gasteiger partial charge in [-0.2, -0.15) is 0 Å². The van der Waals surface area contributed by atoms with Gasteiger partial charge in [0.15, 0.2) is 0 Å². The van der Waals surface area contributed by atoms with Crippen LogP contribution in [0.4, 0.5) is 4.39 Å². The summed E-state index contributed by atoms with van der Waals surface area (Å²) in [6.07, 6.45) is 1.93. The minimum atomic E-state index is -0.327. The van der Waals surface area contributed by atoms with Gasteiger partial charge in [-0.1, -0.05) is 26.8 Å². The van der Waals surface area contributed by atoms with Crippen molar-refractivity contribution in [1.29, 1.82) is 0 Å². The molecule has 0 amide bonds. The Hall–Kier alpha value is -2.33. The molecule has 140 valence electrons. The highest BCUT2D eigenvalue weighted by molar-refractivity contribution is 5.94. The van der Waals surface area contributed by atoms with Crippen LogP contribution in [-0.4, -0.2) is 16.3 Å². The third kappa shape index (κ3) is 2.23. The highest BCUT2D eigenvalue weighted by Gasteiger charge is 2.54. The molecule has 3 nitrogen and oxygen atoms in total. The molecule has 2 aliphatic rings. The maximum atomic E-state index is 13.6. The summed E-state index contributed by atoms with van der Waals surface area (Å²) in [4.78, 5) is 0. The van der Waals surface area contributed by atoms with E-state index in [0.717, 1.165) is 35.0 Å². The molecule has 1 N–H and O–H groups in total. The summed E-state index contributed by atoms with van der Waals surface area (Å²) in [5.41, 5.74) is 3.60. The lowest BCUT2D eigenvalue weighted by molar-refractivity contribution is -0.155. The Bertz CT molecular complexity index is 1040. The average molecular weight is 365 g/mol. The van der Waals surface area contributed by atoms with E-state index >= 15 is 0 Å². The SMILES string of the molecule is CC1(C)CO[C@]2(C[C@H](C)C2)c2c1n(-c1ccc(F)cc1)c1cccc(O)c12. The molecule has 0 radical (unpaired) electrons. The molecule has 4 heteroatoms. The molecule has 1 aliphatic carbocycles. The van der Waals surface area contributed by atoms with Gasteiger partial charge in [0.2, 0.25) is 0 Å². The summed E-state index contributed by atoms with van der Waals surface area (Å²) < 4.78 is 22.2. The summed E-state index contributed by atoms with van der Waals surface area (Å²) in [5.74, 6) is 0.637. The predicted octanol–water partition coefficient (Wildman–Crippen LogP) is 5.41. The van der Waals surface area contributed by atoms with Gasteiger partial charge in [-0.15, -0.1) is 0 Å². The van der Waals surface area contributed by atoms with Crippen molar-refractivity contribution < 1.29 is 14.2 Å². The first-order valence-electron chi connectivity index (χ1n) is 9.60. The van der Waals surface area contributed by atoms with Crippen molar-refractivity contribution >= 4 is 10.9 Å². The molecule has 1 spiro atoms. The van der Waals surface area contributed by atoms with Crippen molar-refractivity contribution in [3.63, 3.8) is 0 Å². The van der Waals surface area contributed by atoms with Gasteiger partial charge in [0.1, 0.15) is 11.6 Å². The van der Waals surface area contributed by atoms with E-state index in [-0.39, 0.29) is 22.6 Å². The zero-order valence-electron chi connectivity index (χ0n) is 15.9. The van der Waals surface area contributed by atoms with E-state index in [1.54, 1.807) is 18.2 Å². The van der Waals surface area contributed by atoms with Gasteiger partial charge in [-0.05, 0) is 55.2 Å². The van der Waals surface area contributed by atoms with Crippen LogP contribution >= 0.6 is 0 Å². The van der Waals surface area contributed by atoms with E-state index < -0.39 is 0 Å². The molecule has 0 saturated heterocycles. The summed E-state index contributed by atoms with van der Waals surface area (Å²) in [7, 11) is 0. The van der Waals surface area contributed by atoms with Crippen molar-refractivity contribution in [2.24, 2.45) is 5.92 Å². The average Bonchev–Trinajstić information content (AvgIpc) is 2.96. The lowest BCUT2D eigenvalue weighted by atomic mass is 9.64. The molecule has 0 atom stereocenters. The van der Waals surface area contributed by atoms with Crippen molar-refractivity contribution in [3.05, 3.63) is 59.5 Å². The fourth-order valence-corrected chi connectivity index (χ4v) is 5.11. The van der Waals surface area contributed by atoms with Crippen LogP contribution in [0.2, 0.25) is 0 Å². The van der Waals surface area contributed by atoms with Crippen molar-refractivity contribution in [3.8, 4) is 11.4 Å². The molecule has 1 saturated carbocycles. The van der Waals surface area contributed by atoms with Crippen LogP contribution in [0.15, 0.2) is 42.5 Å². The van der Waals surface area contributed by atoms with Gasteiger partial charge < -0.3 is 14.4 Å². The monoisotopic (exact) mass is 365 g/mol.